The Morgan fingerprint density at radius 1 is 1.39 bits per heavy atom. The van der Waals surface area contributed by atoms with Crippen molar-refractivity contribution in [1.82, 2.24) is 15.5 Å². The molecule has 0 aliphatic heterocycles. The van der Waals surface area contributed by atoms with Crippen LogP contribution < -0.4 is 5.32 Å². The molecule has 0 spiro atoms. The number of ether oxygens (including phenoxy) is 1. The average Bonchev–Trinajstić information content (AvgIpc) is 3.00. The molecule has 1 heterocycles. The Hall–Kier alpha value is -1.15. The van der Waals surface area contributed by atoms with E-state index in [0.717, 1.165) is 12.8 Å². The highest BCUT2D eigenvalue weighted by molar-refractivity contribution is 4.89. The molecule has 0 aromatic carbocycles. The van der Waals surface area contributed by atoms with Gasteiger partial charge in [0.1, 0.15) is 6.61 Å². The molecule has 1 aliphatic rings. The zero-order chi connectivity index (χ0) is 13.0. The second kappa shape index (κ2) is 5.66. The second-order valence-electron chi connectivity index (χ2n) is 4.18. The molecule has 1 fully saturated rings. The first-order valence-electron chi connectivity index (χ1n) is 5.72. The van der Waals surface area contributed by atoms with Crippen molar-refractivity contribution in [3.05, 3.63) is 11.7 Å². The molecule has 1 aromatic heterocycles. The third kappa shape index (κ3) is 5.01. The minimum absolute atomic E-state index is 0.0749. The zero-order valence-electron chi connectivity index (χ0n) is 9.66. The molecule has 1 saturated carbocycles. The van der Waals surface area contributed by atoms with Crippen molar-refractivity contribution < 1.29 is 22.4 Å². The molecule has 102 valence electrons. The van der Waals surface area contributed by atoms with Gasteiger partial charge in [-0.25, -0.2) is 0 Å². The summed E-state index contributed by atoms with van der Waals surface area (Å²) in [4.78, 5) is 4.04. The Kier molecular flexibility index (Phi) is 4.18. The van der Waals surface area contributed by atoms with Gasteiger partial charge >= 0.3 is 6.18 Å². The number of halogens is 3. The van der Waals surface area contributed by atoms with Crippen molar-refractivity contribution in [2.75, 3.05) is 13.2 Å². The summed E-state index contributed by atoms with van der Waals surface area (Å²) < 4.78 is 44.7. The first kappa shape index (κ1) is 13.3. The maximum Gasteiger partial charge on any atom is 0.411 e. The van der Waals surface area contributed by atoms with Crippen LogP contribution in [-0.4, -0.2) is 35.6 Å². The number of nitrogens with zero attached hydrogens (tertiary/aromatic N) is 2. The summed E-state index contributed by atoms with van der Waals surface area (Å²) in [7, 11) is 0. The summed E-state index contributed by atoms with van der Waals surface area (Å²) in [6.07, 6.45) is -1.77. The van der Waals surface area contributed by atoms with Gasteiger partial charge in [-0.15, -0.1) is 0 Å². The van der Waals surface area contributed by atoms with Crippen LogP contribution in [0.15, 0.2) is 4.52 Å². The first-order chi connectivity index (χ1) is 8.53. The molecule has 5 nitrogen and oxygen atoms in total. The molecule has 8 heteroatoms. The molecular weight excluding hydrogens is 251 g/mol. The Bertz CT molecular complexity index is 377. The molecule has 0 unspecified atom stereocenters. The van der Waals surface area contributed by atoms with Crippen molar-refractivity contribution in [2.45, 2.75) is 38.0 Å². The number of hydrogen-bond acceptors (Lipinski definition) is 5. The molecule has 0 radical (unpaired) electrons. The molecule has 1 aliphatic carbocycles. The molecular formula is C10H14F3N3O2. The van der Waals surface area contributed by atoms with E-state index in [0.29, 0.717) is 24.3 Å². The summed E-state index contributed by atoms with van der Waals surface area (Å²) in [5.41, 5.74) is 0. The first-order valence-corrected chi connectivity index (χ1v) is 5.72. The van der Waals surface area contributed by atoms with E-state index in [1.54, 1.807) is 0 Å². The van der Waals surface area contributed by atoms with Gasteiger partial charge in [0.05, 0.1) is 13.2 Å². The Balaban J connectivity index is 1.63. The monoisotopic (exact) mass is 265 g/mol. The average molecular weight is 265 g/mol. The molecule has 1 aromatic rings. The minimum Gasteiger partial charge on any atom is -0.372 e. The molecule has 18 heavy (non-hydrogen) atoms. The largest absolute Gasteiger partial charge is 0.411 e. The van der Waals surface area contributed by atoms with Gasteiger partial charge in [0.25, 0.3) is 0 Å². The van der Waals surface area contributed by atoms with E-state index in [1.165, 1.54) is 0 Å². The summed E-state index contributed by atoms with van der Waals surface area (Å²) in [5.74, 6) is 0.817. The van der Waals surface area contributed by atoms with E-state index in [2.05, 4.69) is 20.2 Å². The van der Waals surface area contributed by atoms with Crippen LogP contribution in [0.2, 0.25) is 0 Å². The molecule has 0 bridgehead atoms. The summed E-state index contributed by atoms with van der Waals surface area (Å²) in [6.45, 7) is -0.823. The number of rotatable bonds is 7. The molecule has 2 rings (SSSR count). The van der Waals surface area contributed by atoms with Gasteiger partial charge in [0, 0.05) is 12.5 Å². The third-order valence-electron chi connectivity index (χ3n) is 2.37. The highest BCUT2D eigenvalue weighted by Crippen LogP contribution is 2.19. The zero-order valence-corrected chi connectivity index (χ0v) is 9.66. The van der Waals surface area contributed by atoms with Crippen molar-refractivity contribution in [3.8, 4) is 0 Å². The van der Waals surface area contributed by atoms with E-state index >= 15 is 0 Å². The minimum atomic E-state index is -4.30. The topological polar surface area (TPSA) is 60.2 Å². The van der Waals surface area contributed by atoms with Crippen LogP contribution >= 0.6 is 0 Å². The van der Waals surface area contributed by atoms with Crippen LogP contribution in [0, 0.1) is 0 Å². The lowest BCUT2D eigenvalue weighted by atomic mass is 10.4. The fourth-order valence-corrected chi connectivity index (χ4v) is 1.33. The standard InChI is InChI=1S/C10H14F3N3O2/c11-10(12,13)6-17-4-3-8-15-9(18-16-8)5-14-7-1-2-7/h7,14H,1-6H2. The highest BCUT2D eigenvalue weighted by atomic mass is 19.4. The van der Waals surface area contributed by atoms with Gasteiger partial charge < -0.3 is 14.6 Å². The van der Waals surface area contributed by atoms with Gasteiger partial charge in [-0.05, 0) is 12.8 Å². The lowest BCUT2D eigenvalue weighted by Gasteiger charge is -2.05. The lowest BCUT2D eigenvalue weighted by Crippen LogP contribution is -2.18. The van der Waals surface area contributed by atoms with Gasteiger partial charge in [-0.3, -0.25) is 0 Å². The molecule has 0 amide bonds. The lowest BCUT2D eigenvalue weighted by molar-refractivity contribution is -0.173. The fourth-order valence-electron chi connectivity index (χ4n) is 1.33. The van der Waals surface area contributed by atoms with Crippen LogP contribution in [0.25, 0.3) is 0 Å². The Morgan fingerprint density at radius 3 is 2.83 bits per heavy atom. The van der Waals surface area contributed by atoms with Crippen LogP contribution in [0.5, 0.6) is 0 Å². The Labute approximate surface area is 102 Å². The van der Waals surface area contributed by atoms with Crippen LogP contribution in [-0.2, 0) is 17.7 Å². The van der Waals surface area contributed by atoms with Crippen molar-refractivity contribution >= 4 is 0 Å². The van der Waals surface area contributed by atoms with E-state index in [9.17, 15) is 13.2 Å². The van der Waals surface area contributed by atoms with Crippen LogP contribution in [0.3, 0.4) is 0 Å². The molecule has 1 N–H and O–H groups in total. The number of alkyl halides is 3. The van der Waals surface area contributed by atoms with E-state index < -0.39 is 12.8 Å². The number of nitrogens with one attached hydrogen (secondary N) is 1. The second-order valence-corrected chi connectivity index (χ2v) is 4.18. The Morgan fingerprint density at radius 2 is 2.17 bits per heavy atom. The predicted octanol–water partition coefficient (Wildman–Crippen LogP) is 1.44. The SMILES string of the molecule is FC(F)(F)COCCc1noc(CNC2CC2)n1. The van der Waals surface area contributed by atoms with E-state index in [1.807, 2.05) is 0 Å². The molecule has 0 saturated heterocycles. The van der Waals surface area contributed by atoms with Crippen LogP contribution in [0.1, 0.15) is 24.6 Å². The molecule has 0 atom stereocenters. The maximum absolute atomic E-state index is 11.8. The summed E-state index contributed by atoms with van der Waals surface area (Å²) >= 11 is 0. The number of hydrogen-bond donors (Lipinski definition) is 1. The smallest absolute Gasteiger partial charge is 0.372 e. The quantitative estimate of drug-likeness (QED) is 0.756. The van der Waals surface area contributed by atoms with Crippen molar-refractivity contribution in [1.29, 1.82) is 0 Å². The van der Waals surface area contributed by atoms with Gasteiger partial charge in [-0.2, -0.15) is 18.2 Å². The van der Waals surface area contributed by atoms with Gasteiger partial charge in [0.2, 0.25) is 5.89 Å². The van der Waals surface area contributed by atoms with E-state index in [-0.39, 0.29) is 13.0 Å². The normalized spacial score (nSPS) is 16.2. The third-order valence-corrected chi connectivity index (χ3v) is 2.37. The maximum atomic E-state index is 11.8. The fraction of sp³-hybridized carbons (Fsp3) is 0.800. The highest BCUT2D eigenvalue weighted by Gasteiger charge is 2.27. The summed E-state index contributed by atoms with van der Waals surface area (Å²) in [5, 5.41) is 6.86. The number of aromatic nitrogens is 2. The van der Waals surface area contributed by atoms with Gasteiger partial charge in [0.15, 0.2) is 5.82 Å². The van der Waals surface area contributed by atoms with Crippen molar-refractivity contribution in [3.63, 3.8) is 0 Å². The van der Waals surface area contributed by atoms with Crippen molar-refractivity contribution in [2.24, 2.45) is 0 Å². The summed E-state index contributed by atoms with van der Waals surface area (Å²) in [6, 6.07) is 0.537. The van der Waals surface area contributed by atoms with E-state index in [4.69, 9.17) is 4.52 Å². The predicted molar refractivity (Wildman–Crippen MR) is 54.7 cm³/mol. The van der Waals surface area contributed by atoms with Gasteiger partial charge in [-0.1, -0.05) is 5.16 Å². The van der Waals surface area contributed by atoms with Crippen LogP contribution in [0.4, 0.5) is 13.2 Å².